The summed E-state index contributed by atoms with van der Waals surface area (Å²) in [7, 11) is 0. The molecule has 0 saturated carbocycles. The third-order valence-corrected chi connectivity index (χ3v) is 6.47. The SMILES string of the molecule is CCOc1cc(N)c(C=N)cc1Nc1ncnc2sc3c(c12)CCC(CC(=O)O)C3. The Balaban J connectivity index is 1.74. The highest BCUT2D eigenvalue weighted by atomic mass is 32.1. The third-order valence-electron chi connectivity index (χ3n) is 5.30. The zero-order chi connectivity index (χ0) is 21.3. The summed E-state index contributed by atoms with van der Waals surface area (Å²) in [6, 6.07) is 3.49. The predicted octanol–water partition coefficient (Wildman–Crippen LogP) is 3.99. The maximum absolute atomic E-state index is 11.1. The number of hydrogen-bond acceptors (Lipinski definition) is 8. The molecular weight excluding hydrogens is 402 g/mol. The quantitative estimate of drug-likeness (QED) is 0.332. The van der Waals surface area contributed by atoms with Gasteiger partial charge in [-0.1, -0.05) is 0 Å². The van der Waals surface area contributed by atoms with Crippen molar-refractivity contribution in [2.24, 2.45) is 5.92 Å². The molecular formula is C21H23N5O3S. The van der Waals surface area contributed by atoms with Crippen LogP contribution in [0.3, 0.4) is 0 Å². The monoisotopic (exact) mass is 425 g/mol. The van der Waals surface area contributed by atoms with Crippen molar-refractivity contribution >= 4 is 50.9 Å². The summed E-state index contributed by atoms with van der Waals surface area (Å²) in [5.41, 5.74) is 8.96. The number of hydrogen-bond donors (Lipinski definition) is 4. The maximum atomic E-state index is 11.1. The van der Waals surface area contributed by atoms with Crippen molar-refractivity contribution in [3.63, 3.8) is 0 Å². The highest BCUT2D eigenvalue weighted by molar-refractivity contribution is 7.19. The summed E-state index contributed by atoms with van der Waals surface area (Å²) < 4.78 is 5.73. The molecule has 3 aromatic rings. The minimum atomic E-state index is -0.750. The van der Waals surface area contributed by atoms with Gasteiger partial charge in [0.25, 0.3) is 0 Å². The molecule has 0 radical (unpaired) electrons. The van der Waals surface area contributed by atoms with Gasteiger partial charge >= 0.3 is 5.97 Å². The Bertz CT molecular complexity index is 1130. The van der Waals surface area contributed by atoms with Crippen molar-refractivity contribution in [3.05, 3.63) is 34.5 Å². The number of carbonyl (C=O) groups is 1. The fourth-order valence-electron chi connectivity index (χ4n) is 3.93. The summed E-state index contributed by atoms with van der Waals surface area (Å²) in [6.07, 6.45) is 5.33. The molecule has 1 aromatic carbocycles. The molecule has 9 heteroatoms. The number of nitrogens with zero attached hydrogens (tertiary/aromatic N) is 2. The number of rotatable bonds is 7. The van der Waals surface area contributed by atoms with E-state index in [9.17, 15) is 4.79 Å². The zero-order valence-electron chi connectivity index (χ0n) is 16.6. The van der Waals surface area contributed by atoms with E-state index in [1.807, 2.05) is 6.92 Å². The third kappa shape index (κ3) is 3.80. The van der Waals surface area contributed by atoms with Crippen LogP contribution >= 0.6 is 11.3 Å². The lowest BCUT2D eigenvalue weighted by Gasteiger charge is -2.21. The topological polar surface area (TPSA) is 134 Å². The number of aryl methyl sites for hydroxylation is 1. The molecule has 2 aromatic heterocycles. The average molecular weight is 426 g/mol. The molecule has 30 heavy (non-hydrogen) atoms. The molecule has 2 heterocycles. The van der Waals surface area contributed by atoms with E-state index in [1.165, 1.54) is 23.0 Å². The van der Waals surface area contributed by atoms with Crippen LogP contribution in [0.15, 0.2) is 18.5 Å². The number of benzene rings is 1. The number of carboxylic acids is 1. The molecule has 0 amide bonds. The van der Waals surface area contributed by atoms with Gasteiger partial charge in [-0.05, 0) is 43.7 Å². The van der Waals surface area contributed by atoms with Crippen LogP contribution in [0.5, 0.6) is 5.75 Å². The normalized spacial score (nSPS) is 15.6. The van der Waals surface area contributed by atoms with E-state index in [-0.39, 0.29) is 12.3 Å². The summed E-state index contributed by atoms with van der Waals surface area (Å²) in [5, 5.41) is 21.1. The Labute approximate surface area is 177 Å². The van der Waals surface area contributed by atoms with E-state index in [1.54, 1.807) is 23.5 Å². The Hall–Kier alpha value is -3.20. The van der Waals surface area contributed by atoms with Crippen LogP contribution in [0.1, 0.15) is 35.8 Å². The standard InChI is InChI=1S/C21H23N5O3S/c1-2-29-16-8-14(23)12(9-22)7-15(16)26-20-19-13-4-3-11(6-18(27)28)5-17(13)30-21(19)25-10-24-20/h7-11,22H,2-6,23H2,1H3,(H,27,28)(H,24,25,26). The molecule has 5 N–H and O–H groups in total. The first-order valence-corrected chi connectivity index (χ1v) is 10.6. The first kappa shape index (κ1) is 20.1. The molecule has 0 spiro atoms. The summed E-state index contributed by atoms with van der Waals surface area (Å²) >= 11 is 1.61. The van der Waals surface area contributed by atoms with Crippen LogP contribution in [0.4, 0.5) is 17.2 Å². The van der Waals surface area contributed by atoms with E-state index in [0.29, 0.717) is 35.1 Å². The molecule has 1 aliphatic rings. The van der Waals surface area contributed by atoms with Crippen LogP contribution in [0.2, 0.25) is 0 Å². The number of aliphatic carboxylic acids is 1. The van der Waals surface area contributed by atoms with Crippen LogP contribution in [-0.2, 0) is 17.6 Å². The van der Waals surface area contributed by atoms with Crippen molar-refractivity contribution in [2.45, 2.75) is 32.6 Å². The number of thiophene rings is 1. The van der Waals surface area contributed by atoms with Gasteiger partial charge in [0, 0.05) is 34.8 Å². The first-order valence-electron chi connectivity index (χ1n) is 9.81. The largest absolute Gasteiger partial charge is 0.492 e. The van der Waals surface area contributed by atoms with Gasteiger partial charge in [-0.2, -0.15) is 0 Å². The van der Waals surface area contributed by atoms with Crippen LogP contribution in [-0.4, -0.2) is 33.9 Å². The highest BCUT2D eigenvalue weighted by Gasteiger charge is 2.26. The van der Waals surface area contributed by atoms with Crippen molar-refractivity contribution in [3.8, 4) is 5.75 Å². The maximum Gasteiger partial charge on any atom is 0.303 e. The lowest BCUT2D eigenvalue weighted by Crippen LogP contribution is -2.16. The Morgan fingerprint density at radius 2 is 2.30 bits per heavy atom. The molecule has 8 nitrogen and oxygen atoms in total. The Kier molecular flexibility index (Phi) is 5.54. The summed E-state index contributed by atoms with van der Waals surface area (Å²) in [6.45, 7) is 2.38. The van der Waals surface area contributed by atoms with E-state index in [2.05, 4.69) is 15.3 Å². The minimum Gasteiger partial charge on any atom is -0.492 e. The van der Waals surface area contributed by atoms with Gasteiger partial charge < -0.3 is 26.3 Å². The van der Waals surface area contributed by atoms with Gasteiger partial charge in [0.2, 0.25) is 0 Å². The zero-order valence-corrected chi connectivity index (χ0v) is 17.4. The molecule has 0 bridgehead atoms. The van der Waals surface area contributed by atoms with E-state index < -0.39 is 5.97 Å². The van der Waals surface area contributed by atoms with Gasteiger partial charge in [-0.3, -0.25) is 4.79 Å². The van der Waals surface area contributed by atoms with E-state index >= 15 is 0 Å². The van der Waals surface area contributed by atoms with Gasteiger partial charge in [0.05, 0.1) is 17.7 Å². The van der Waals surface area contributed by atoms with Gasteiger partial charge in [0.1, 0.15) is 22.7 Å². The Morgan fingerprint density at radius 1 is 1.47 bits per heavy atom. The second-order valence-electron chi connectivity index (χ2n) is 7.29. The molecule has 1 atom stereocenters. The smallest absolute Gasteiger partial charge is 0.303 e. The van der Waals surface area contributed by atoms with Crippen LogP contribution in [0, 0.1) is 11.3 Å². The number of nitrogens with one attached hydrogen (secondary N) is 2. The van der Waals surface area contributed by atoms with Gasteiger partial charge in [-0.25, -0.2) is 9.97 Å². The lowest BCUT2D eigenvalue weighted by molar-refractivity contribution is -0.138. The minimum absolute atomic E-state index is 0.157. The van der Waals surface area contributed by atoms with Crippen molar-refractivity contribution < 1.29 is 14.6 Å². The number of anilines is 3. The van der Waals surface area contributed by atoms with Crippen molar-refractivity contribution in [1.82, 2.24) is 9.97 Å². The number of fused-ring (bicyclic) bond motifs is 3. The van der Waals surface area contributed by atoms with Crippen LogP contribution in [0.25, 0.3) is 10.2 Å². The number of carboxylic acid groups (broad SMARTS) is 1. The predicted molar refractivity (Wildman–Crippen MR) is 118 cm³/mol. The fraction of sp³-hybridized carbons (Fsp3) is 0.333. The number of ether oxygens (including phenoxy) is 1. The Morgan fingerprint density at radius 3 is 3.03 bits per heavy atom. The summed E-state index contributed by atoms with van der Waals surface area (Å²) in [5.74, 6) is 0.679. The lowest BCUT2D eigenvalue weighted by atomic mass is 9.86. The molecule has 0 saturated heterocycles. The molecule has 1 unspecified atom stereocenters. The molecule has 4 rings (SSSR count). The van der Waals surface area contributed by atoms with E-state index in [4.69, 9.17) is 21.0 Å². The van der Waals surface area contributed by atoms with Gasteiger partial charge in [0.15, 0.2) is 0 Å². The average Bonchev–Trinajstić information content (AvgIpc) is 3.08. The second kappa shape index (κ2) is 8.27. The number of nitrogens with two attached hydrogens (primary N) is 1. The van der Waals surface area contributed by atoms with Crippen molar-refractivity contribution in [2.75, 3.05) is 17.7 Å². The molecule has 0 fully saturated rings. The highest BCUT2D eigenvalue weighted by Crippen LogP contribution is 2.42. The molecule has 156 valence electrons. The van der Waals surface area contributed by atoms with Gasteiger partial charge in [-0.15, -0.1) is 11.3 Å². The number of nitrogen functional groups attached to an aromatic ring is 1. The van der Waals surface area contributed by atoms with Crippen molar-refractivity contribution in [1.29, 1.82) is 5.41 Å². The second-order valence-corrected chi connectivity index (χ2v) is 8.38. The van der Waals surface area contributed by atoms with E-state index in [0.717, 1.165) is 29.5 Å². The fourth-order valence-corrected chi connectivity index (χ4v) is 5.23. The molecule has 0 aliphatic heterocycles. The first-order chi connectivity index (χ1) is 14.5. The molecule has 1 aliphatic carbocycles. The summed E-state index contributed by atoms with van der Waals surface area (Å²) in [4.78, 5) is 22.1. The van der Waals surface area contributed by atoms with Crippen LogP contribution < -0.4 is 15.8 Å². The number of aromatic nitrogens is 2.